The molecule has 0 radical (unpaired) electrons. The lowest BCUT2D eigenvalue weighted by molar-refractivity contribution is -0.115. The van der Waals surface area contributed by atoms with Gasteiger partial charge in [0.05, 0.1) is 16.2 Å². The van der Waals surface area contributed by atoms with Gasteiger partial charge >= 0.3 is 0 Å². The number of thioether (sulfide) groups is 1. The molecule has 30 heavy (non-hydrogen) atoms. The van der Waals surface area contributed by atoms with E-state index in [1.165, 1.54) is 11.8 Å². The number of para-hydroxylation sites is 1. The Morgan fingerprint density at radius 3 is 2.83 bits per heavy atom. The van der Waals surface area contributed by atoms with Gasteiger partial charge in [-0.3, -0.25) is 14.2 Å². The van der Waals surface area contributed by atoms with Gasteiger partial charge < -0.3 is 10.1 Å². The van der Waals surface area contributed by atoms with Gasteiger partial charge in [-0.25, -0.2) is 4.98 Å². The summed E-state index contributed by atoms with van der Waals surface area (Å²) in [6.07, 6.45) is 0.673. The highest BCUT2D eigenvalue weighted by atomic mass is 35.5. The fourth-order valence-corrected chi connectivity index (χ4v) is 4.08. The molecule has 1 aromatic heterocycles. The molecule has 0 spiro atoms. The topological polar surface area (TPSA) is 73.2 Å². The molecule has 0 aliphatic rings. The molecule has 1 atom stereocenters. The molecule has 0 aliphatic heterocycles. The van der Waals surface area contributed by atoms with Crippen LogP contribution >= 0.6 is 23.4 Å². The first kappa shape index (κ1) is 22.3. The van der Waals surface area contributed by atoms with Gasteiger partial charge in [0.2, 0.25) is 5.91 Å². The molecule has 3 aromatic rings. The molecule has 0 aliphatic carbocycles. The number of amides is 1. The van der Waals surface area contributed by atoms with Crippen LogP contribution in [-0.4, -0.2) is 34.4 Å². The molecule has 0 bridgehead atoms. The van der Waals surface area contributed by atoms with Crippen LogP contribution in [0.1, 0.15) is 18.9 Å². The fourth-order valence-electron chi connectivity index (χ4n) is 2.98. The minimum absolute atomic E-state index is 0.113. The van der Waals surface area contributed by atoms with E-state index in [9.17, 15) is 9.59 Å². The highest BCUT2D eigenvalue weighted by Crippen LogP contribution is 2.25. The average molecular weight is 446 g/mol. The van der Waals surface area contributed by atoms with Crippen molar-refractivity contribution in [2.75, 3.05) is 19.0 Å². The summed E-state index contributed by atoms with van der Waals surface area (Å²) >= 11 is 7.31. The maximum Gasteiger partial charge on any atom is 0.262 e. The molecular formula is C22H24ClN3O3S. The predicted octanol–water partition coefficient (Wildman–Crippen LogP) is 4.51. The van der Waals surface area contributed by atoms with Crippen LogP contribution in [-0.2, 0) is 16.1 Å². The largest absolute Gasteiger partial charge is 0.385 e. The number of halogens is 1. The van der Waals surface area contributed by atoms with Crippen LogP contribution in [0.15, 0.2) is 52.4 Å². The Morgan fingerprint density at radius 1 is 1.30 bits per heavy atom. The van der Waals surface area contributed by atoms with Crippen LogP contribution < -0.4 is 10.9 Å². The summed E-state index contributed by atoms with van der Waals surface area (Å²) in [6.45, 7) is 4.70. The molecule has 0 fully saturated rings. The smallest absolute Gasteiger partial charge is 0.262 e. The minimum Gasteiger partial charge on any atom is -0.385 e. The lowest BCUT2D eigenvalue weighted by Gasteiger charge is -2.17. The number of nitrogens with zero attached hydrogens (tertiary/aromatic N) is 2. The first-order valence-corrected chi connectivity index (χ1v) is 10.9. The number of hydrogen-bond acceptors (Lipinski definition) is 5. The quantitative estimate of drug-likeness (QED) is 0.313. The molecule has 0 saturated heterocycles. The molecular weight excluding hydrogens is 422 g/mol. The molecule has 3 rings (SSSR count). The van der Waals surface area contributed by atoms with E-state index in [0.29, 0.717) is 46.3 Å². The minimum atomic E-state index is -0.467. The van der Waals surface area contributed by atoms with Crippen molar-refractivity contribution >= 4 is 45.9 Å². The van der Waals surface area contributed by atoms with E-state index in [1.807, 2.05) is 25.1 Å². The molecule has 2 aromatic carbocycles. The molecule has 1 unspecified atom stereocenters. The first-order valence-electron chi connectivity index (χ1n) is 9.63. The van der Waals surface area contributed by atoms with Gasteiger partial charge in [0, 0.05) is 31.0 Å². The Morgan fingerprint density at radius 2 is 2.07 bits per heavy atom. The van der Waals surface area contributed by atoms with Crippen molar-refractivity contribution in [3.05, 3.63) is 63.4 Å². The van der Waals surface area contributed by atoms with Crippen LogP contribution in [0.2, 0.25) is 5.02 Å². The van der Waals surface area contributed by atoms with Gasteiger partial charge in [0.25, 0.3) is 5.56 Å². The zero-order chi connectivity index (χ0) is 21.7. The average Bonchev–Trinajstić information content (AvgIpc) is 2.73. The third-order valence-electron chi connectivity index (χ3n) is 4.67. The number of ether oxygens (including phenoxy) is 1. The Labute approximate surface area is 184 Å². The van der Waals surface area contributed by atoms with Gasteiger partial charge in [-0.1, -0.05) is 41.6 Å². The zero-order valence-corrected chi connectivity index (χ0v) is 18.7. The van der Waals surface area contributed by atoms with Gasteiger partial charge in [-0.05, 0) is 50.1 Å². The molecule has 158 valence electrons. The SMILES string of the molecule is COCCCn1c(SC(C)C(=O)Nc2cc(Cl)ccc2C)nc2ccccc2c1=O. The monoisotopic (exact) mass is 445 g/mol. The number of carbonyl (C=O) groups excluding carboxylic acids is 1. The van der Waals surface area contributed by atoms with Crippen molar-refractivity contribution in [2.24, 2.45) is 0 Å². The maximum absolute atomic E-state index is 13.0. The number of benzene rings is 2. The normalized spacial score (nSPS) is 12.1. The third-order valence-corrected chi connectivity index (χ3v) is 5.99. The number of aryl methyl sites for hydroxylation is 1. The number of anilines is 1. The maximum atomic E-state index is 13.0. The number of rotatable bonds is 8. The Balaban J connectivity index is 1.87. The van der Waals surface area contributed by atoms with Crippen molar-refractivity contribution < 1.29 is 9.53 Å². The first-order chi connectivity index (χ1) is 14.4. The number of aromatic nitrogens is 2. The van der Waals surface area contributed by atoms with Crippen LogP contribution in [0.3, 0.4) is 0 Å². The van der Waals surface area contributed by atoms with E-state index in [-0.39, 0.29) is 11.5 Å². The molecule has 6 nitrogen and oxygen atoms in total. The van der Waals surface area contributed by atoms with Gasteiger partial charge in [-0.15, -0.1) is 0 Å². The van der Waals surface area contributed by atoms with Gasteiger partial charge in [-0.2, -0.15) is 0 Å². The highest BCUT2D eigenvalue weighted by Gasteiger charge is 2.20. The summed E-state index contributed by atoms with van der Waals surface area (Å²) in [6, 6.07) is 12.6. The summed E-state index contributed by atoms with van der Waals surface area (Å²) in [7, 11) is 1.63. The number of methoxy groups -OCH3 is 1. The summed E-state index contributed by atoms with van der Waals surface area (Å²) in [5, 5.41) is 4.08. The summed E-state index contributed by atoms with van der Waals surface area (Å²) in [4.78, 5) is 30.5. The Hall–Kier alpha value is -2.35. The molecule has 1 N–H and O–H groups in total. The second-order valence-corrected chi connectivity index (χ2v) is 8.67. The van der Waals surface area contributed by atoms with E-state index in [1.54, 1.807) is 42.9 Å². The Kier molecular flexibility index (Phi) is 7.53. The molecule has 0 saturated carbocycles. The summed E-state index contributed by atoms with van der Waals surface area (Å²) in [5.74, 6) is -0.184. The fraction of sp³-hybridized carbons (Fsp3) is 0.318. The van der Waals surface area contributed by atoms with E-state index in [0.717, 1.165) is 5.56 Å². The van der Waals surface area contributed by atoms with E-state index in [4.69, 9.17) is 16.3 Å². The highest BCUT2D eigenvalue weighted by molar-refractivity contribution is 8.00. The number of nitrogens with one attached hydrogen (secondary N) is 1. The lowest BCUT2D eigenvalue weighted by atomic mass is 10.2. The van der Waals surface area contributed by atoms with Crippen LogP contribution in [0.25, 0.3) is 10.9 Å². The summed E-state index contributed by atoms with van der Waals surface area (Å²) in [5.41, 5.74) is 2.10. The van der Waals surface area contributed by atoms with E-state index < -0.39 is 5.25 Å². The lowest BCUT2D eigenvalue weighted by Crippen LogP contribution is -2.27. The predicted molar refractivity (Wildman–Crippen MR) is 123 cm³/mol. The Bertz CT molecular complexity index is 1120. The molecule has 1 heterocycles. The van der Waals surface area contributed by atoms with Crippen molar-refractivity contribution in [1.82, 2.24) is 9.55 Å². The second-order valence-electron chi connectivity index (χ2n) is 6.92. The van der Waals surface area contributed by atoms with Crippen LogP contribution in [0.4, 0.5) is 5.69 Å². The van der Waals surface area contributed by atoms with Gasteiger partial charge in [0.1, 0.15) is 0 Å². The van der Waals surface area contributed by atoms with Crippen molar-refractivity contribution in [3.8, 4) is 0 Å². The molecule has 8 heteroatoms. The summed E-state index contributed by atoms with van der Waals surface area (Å²) < 4.78 is 6.75. The zero-order valence-electron chi connectivity index (χ0n) is 17.1. The number of hydrogen-bond donors (Lipinski definition) is 1. The van der Waals surface area contributed by atoms with Crippen molar-refractivity contribution in [3.63, 3.8) is 0 Å². The standard InChI is InChI=1S/C22H24ClN3O3S/c1-14-9-10-16(23)13-19(14)24-20(27)15(2)30-22-25-18-8-5-4-7-17(18)21(28)26(22)11-6-12-29-3/h4-5,7-10,13,15H,6,11-12H2,1-3H3,(H,24,27). The van der Waals surface area contributed by atoms with Crippen molar-refractivity contribution in [2.45, 2.75) is 37.2 Å². The number of fused-ring (bicyclic) bond motifs is 1. The van der Waals surface area contributed by atoms with E-state index >= 15 is 0 Å². The van der Waals surface area contributed by atoms with E-state index in [2.05, 4.69) is 10.3 Å². The van der Waals surface area contributed by atoms with Crippen LogP contribution in [0.5, 0.6) is 0 Å². The van der Waals surface area contributed by atoms with Crippen LogP contribution in [0, 0.1) is 6.92 Å². The van der Waals surface area contributed by atoms with Gasteiger partial charge in [0.15, 0.2) is 5.16 Å². The third kappa shape index (κ3) is 5.22. The number of carbonyl (C=O) groups is 1. The second kappa shape index (κ2) is 10.1. The van der Waals surface area contributed by atoms with Crippen molar-refractivity contribution in [1.29, 1.82) is 0 Å². The molecule has 1 amide bonds.